The fourth-order valence-corrected chi connectivity index (χ4v) is 2.25. The molecular weight excluding hydrogens is 320 g/mol. The van der Waals surface area contributed by atoms with E-state index in [1.165, 1.54) is 0 Å². The van der Waals surface area contributed by atoms with E-state index in [0.717, 1.165) is 21.1 Å². The van der Waals surface area contributed by atoms with Crippen molar-refractivity contribution < 1.29 is 9.53 Å². The lowest BCUT2D eigenvalue weighted by molar-refractivity contribution is 0.0636. The fraction of sp³-hybridized carbons (Fsp3) is 0.333. The van der Waals surface area contributed by atoms with Crippen molar-refractivity contribution in [3.8, 4) is 0 Å². The van der Waals surface area contributed by atoms with Gasteiger partial charge in [0.05, 0.1) is 11.2 Å². The summed E-state index contributed by atoms with van der Waals surface area (Å²) < 4.78 is 6.20. The molecule has 1 aromatic heterocycles. The van der Waals surface area contributed by atoms with Crippen LogP contribution in [0.4, 0.5) is 10.5 Å². The summed E-state index contributed by atoms with van der Waals surface area (Å²) in [5.41, 5.74) is 1.74. The van der Waals surface area contributed by atoms with E-state index in [9.17, 15) is 4.79 Å². The number of rotatable bonds is 1. The summed E-state index contributed by atoms with van der Waals surface area (Å²) in [6.07, 6.45) is -0.482. The van der Waals surface area contributed by atoms with Crippen LogP contribution in [0.5, 0.6) is 0 Å². The molecule has 2 rings (SSSR count). The average molecular weight is 337 g/mol. The number of ether oxygens (including phenoxy) is 1. The molecule has 2 aromatic rings. The first-order valence-corrected chi connectivity index (χ1v) is 7.11. The molecule has 0 radical (unpaired) electrons. The molecule has 1 aromatic carbocycles. The molecule has 0 unspecified atom stereocenters. The van der Waals surface area contributed by atoms with Crippen molar-refractivity contribution in [2.45, 2.75) is 33.3 Å². The Balaban J connectivity index is 2.38. The fourth-order valence-electron chi connectivity index (χ4n) is 1.79. The van der Waals surface area contributed by atoms with Crippen molar-refractivity contribution in [3.63, 3.8) is 0 Å². The first kappa shape index (κ1) is 14.8. The van der Waals surface area contributed by atoms with Crippen molar-refractivity contribution in [1.82, 2.24) is 4.98 Å². The minimum Gasteiger partial charge on any atom is -0.444 e. The molecule has 4 nitrogen and oxygen atoms in total. The van der Waals surface area contributed by atoms with E-state index in [2.05, 4.69) is 26.2 Å². The molecule has 0 saturated carbocycles. The van der Waals surface area contributed by atoms with Crippen LogP contribution < -0.4 is 5.32 Å². The van der Waals surface area contributed by atoms with E-state index in [0.29, 0.717) is 5.69 Å². The van der Waals surface area contributed by atoms with Crippen LogP contribution in [0.25, 0.3) is 10.9 Å². The van der Waals surface area contributed by atoms with Crippen LogP contribution in [0, 0.1) is 6.92 Å². The number of hydrogen-bond acceptors (Lipinski definition) is 3. The first-order chi connectivity index (χ1) is 9.26. The molecule has 1 heterocycles. The maximum atomic E-state index is 11.9. The van der Waals surface area contributed by atoms with Gasteiger partial charge in [-0.3, -0.25) is 10.3 Å². The number of nitrogens with zero attached hydrogens (tertiary/aromatic N) is 1. The van der Waals surface area contributed by atoms with Crippen molar-refractivity contribution in [3.05, 3.63) is 34.4 Å². The smallest absolute Gasteiger partial charge is 0.412 e. The Kier molecular flexibility index (Phi) is 3.99. The van der Waals surface area contributed by atoms with Gasteiger partial charge in [0, 0.05) is 15.6 Å². The maximum Gasteiger partial charge on any atom is 0.412 e. The topological polar surface area (TPSA) is 51.2 Å². The van der Waals surface area contributed by atoms with Gasteiger partial charge in [-0.25, -0.2) is 4.79 Å². The molecule has 0 aliphatic rings. The van der Waals surface area contributed by atoms with Crippen LogP contribution in [0.15, 0.2) is 28.7 Å². The second kappa shape index (κ2) is 5.40. The van der Waals surface area contributed by atoms with Gasteiger partial charge >= 0.3 is 6.09 Å². The standard InChI is InChI=1S/C15H17BrN2O2/c1-9-5-6-10-11(16)7-8-12(13(10)17-9)18-14(19)20-15(2,3)4/h5-8H,1-4H3,(H,18,19). The second-order valence-electron chi connectivity index (χ2n) is 5.57. The van der Waals surface area contributed by atoms with E-state index < -0.39 is 11.7 Å². The zero-order valence-corrected chi connectivity index (χ0v) is 13.5. The van der Waals surface area contributed by atoms with Crippen molar-refractivity contribution in [2.24, 2.45) is 0 Å². The molecular formula is C15H17BrN2O2. The number of hydrogen-bond donors (Lipinski definition) is 1. The molecule has 0 bridgehead atoms. The molecule has 106 valence electrons. The number of nitrogens with one attached hydrogen (secondary N) is 1. The number of aryl methyl sites for hydroxylation is 1. The summed E-state index contributed by atoms with van der Waals surface area (Å²) in [6.45, 7) is 7.40. The summed E-state index contributed by atoms with van der Waals surface area (Å²) in [6, 6.07) is 7.60. The highest BCUT2D eigenvalue weighted by Crippen LogP contribution is 2.29. The SMILES string of the molecule is Cc1ccc2c(Br)ccc(NC(=O)OC(C)(C)C)c2n1. The molecule has 20 heavy (non-hydrogen) atoms. The number of amides is 1. The van der Waals surface area contributed by atoms with Gasteiger partial charge in [0.15, 0.2) is 0 Å². The molecule has 0 aliphatic heterocycles. The number of anilines is 1. The quantitative estimate of drug-likeness (QED) is 0.824. The third-order valence-corrected chi connectivity index (χ3v) is 3.27. The number of carbonyl (C=O) groups excluding carboxylic acids is 1. The molecule has 0 atom stereocenters. The van der Waals surface area contributed by atoms with Crippen molar-refractivity contribution in [1.29, 1.82) is 0 Å². The summed E-state index contributed by atoms with van der Waals surface area (Å²) in [5, 5.41) is 3.70. The normalized spacial score (nSPS) is 11.4. The summed E-state index contributed by atoms with van der Waals surface area (Å²) in [4.78, 5) is 16.4. The summed E-state index contributed by atoms with van der Waals surface area (Å²) in [7, 11) is 0. The number of pyridine rings is 1. The van der Waals surface area contributed by atoms with E-state index in [1.807, 2.05) is 52.0 Å². The van der Waals surface area contributed by atoms with Crippen LogP contribution in [-0.4, -0.2) is 16.7 Å². The molecule has 0 fully saturated rings. The highest BCUT2D eigenvalue weighted by atomic mass is 79.9. The number of carbonyl (C=O) groups is 1. The van der Waals surface area contributed by atoms with Gasteiger partial charge in [-0.2, -0.15) is 0 Å². The average Bonchev–Trinajstić information content (AvgIpc) is 2.30. The Morgan fingerprint density at radius 3 is 2.60 bits per heavy atom. The third-order valence-electron chi connectivity index (χ3n) is 2.58. The maximum absolute atomic E-state index is 11.9. The van der Waals surface area contributed by atoms with Crippen LogP contribution in [0.2, 0.25) is 0 Å². The van der Waals surface area contributed by atoms with Crippen molar-refractivity contribution >= 4 is 38.6 Å². The Morgan fingerprint density at radius 2 is 1.95 bits per heavy atom. The van der Waals surface area contributed by atoms with Crippen LogP contribution in [0.1, 0.15) is 26.5 Å². The highest BCUT2D eigenvalue weighted by Gasteiger charge is 2.17. The Morgan fingerprint density at radius 1 is 1.25 bits per heavy atom. The number of fused-ring (bicyclic) bond motifs is 1. The highest BCUT2D eigenvalue weighted by molar-refractivity contribution is 9.10. The van der Waals surface area contributed by atoms with E-state index in [1.54, 1.807) is 0 Å². The molecule has 1 N–H and O–H groups in total. The molecule has 0 aliphatic carbocycles. The Bertz CT molecular complexity index is 663. The minimum atomic E-state index is -0.529. The monoisotopic (exact) mass is 336 g/mol. The predicted molar refractivity (Wildman–Crippen MR) is 84.0 cm³/mol. The van der Waals surface area contributed by atoms with Crippen LogP contribution in [0.3, 0.4) is 0 Å². The summed E-state index contributed by atoms with van der Waals surface area (Å²) >= 11 is 3.49. The van der Waals surface area contributed by atoms with Gasteiger partial charge in [-0.1, -0.05) is 15.9 Å². The molecule has 1 amide bonds. The van der Waals surface area contributed by atoms with Gasteiger partial charge in [0.25, 0.3) is 0 Å². The second-order valence-corrected chi connectivity index (χ2v) is 6.42. The molecule has 5 heteroatoms. The number of aromatic nitrogens is 1. The lowest BCUT2D eigenvalue weighted by Crippen LogP contribution is -2.27. The van der Waals surface area contributed by atoms with Crippen molar-refractivity contribution in [2.75, 3.05) is 5.32 Å². The van der Waals surface area contributed by atoms with Gasteiger partial charge < -0.3 is 4.74 Å². The van der Waals surface area contributed by atoms with Crippen LogP contribution in [-0.2, 0) is 4.74 Å². The molecule has 0 saturated heterocycles. The van der Waals surface area contributed by atoms with Gasteiger partial charge in [0.2, 0.25) is 0 Å². The lowest BCUT2D eigenvalue weighted by atomic mass is 10.1. The van der Waals surface area contributed by atoms with Gasteiger partial charge in [0.1, 0.15) is 5.60 Å². The molecule has 0 spiro atoms. The van der Waals surface area contributed by atoms with Gasteiger partial charge in [-0.15, -0.1) is 0 Å². The predicted octanol–water partition coefficient (Wildman–Crippen LogP) is 4.65. The third kappa shape index (κ3) is 3.48. The largest absolute Gasteiger partial charge is 0.444 e. The summed E-state index contributed by atoms with van der Waals surface area (Å²) in [5.74, 6) is 0. The zero-order chi connectivity index (χ0) is 14.9. The Hall–Kier alpha value is -1.62. The Labute approximate surface area is 126 Å². The lowest BCUT2D eigenvalue weighted by Gasteiger charge is -2.20. The number of benzene rings is 1. The van der Waals surface area contributed by atoms with Crippen LogP contribution >= 0.6 is 15.9 Å². The van der Waals surface area contributed by atoms with E-state index >= 15 is 0 Å². The van der Waals surface area contributed by atoms with Gasteiger partial charge in [-0.05, 0) is 52.0 Å². The number of halogens is 1. The van der Waals surface area contributed by atoms with E-state index in [4.69, 9.17) is 4.74 Å². The van der Waals surface area contributed by atoms with E-state index in [-0.39, 0.29) is 0 Å². The zero-order valence-electron chi connectivity index (χ0n) is 12.0. The minimum absolute atomic E-state index is 0.482. The first-order valence-electron chi connectivity index (χ1n) is 6.32.